The van der Waals surface area contributed by atoms with E-state index < -0.39 is 24.5 Å². The molecular weight excluding hydrogens is 418 g/mol. The van der Waals surface area contributed by atoms with Crippen molar-refractivity contribution in [1.82, 2.24) is 14.8 Å². The lowest BCUT2D eigenvalue weighted by atomic mass is 10.0. The molecule has 0 radical (unpaired) electrons. The summed E-state index contributed by atoms with van der Waals surface area (Å²) in [6.07, 6.45) is -3.27. The number of pyridine rings is 1. The zero-order valence-electron chi connectivity index (χ0n) is 15.9. The SMILES string of the molecule is Cn1nc(N2Cc3c(ccnc3-c3ccc(F)cc3OCC(F)(F)F)C2=O)cc1C#N. The van der Waals surface area contributed by atoms with E-state index in [1.54, 1.807) is 7.05 Å². The quantitative estimate of drug-likeness (QED) is 0.590. The van der Waals surface area contributed by atoms with Gasteiger partial charge in [0, 0.05) is 42.1 Å². The molecule has 1 aliphatic heterocycles. The summed E-state index contributed by atoms with van der Waals surface area (Å²) in [6.45, 7) is -1.58. The number of alkyl halides is 3. The summed E-state index contributed by atoms with van der Waals surface area (Å²) in [6, 6.07) is 8.06. The maximum atomic E-state index is 13.7. The van der Waals surface area contributed by atoms with Crippen LogP contribution in [0.5, 0.6) is 5.75 Å². The Morgan fingerprint density at radius 1 is 1.23 bits per heavy atom. The van der Waals surface area contributed by atoms with Crippen molar-refractivity contribution >= 4 is 11.7 Å². The van der Waals surface area contributed by atoms with Gasteiger partial charge in [0.05, 0.1) is 12.2 Å². The molecule has 4 rings (SSSR count). The second-order valence-electron chi connectivity index (χ2n) is 6.74. The predicted octanol–water partition coefficient (Wildman–Crippen LogP) is 3.59. The largest absolute Gasteiger partial charge is 0.483 e. The first kappa shape index (κ1) is 20.3. The third kappa shape index (κ3) is 3.79. The fraction of sp³-hybridized carbons (Fsp3) is 0.200. The standard InChI is InChI=1S/C20H13F4N5O2/c1-28-12(8-25)7-17(27-28)29-9-15-13(19(29)30)4-5-26-18(15)14-3-2-11(21)6-16(14)31-10-20(22,23)24/h2-7H,9-10H2,1H3. The number of benzene rings is 1. The van der Waals surface area contributed by atoms with Crippen molar-refractivity contribution in [3.63, 3.8) is 0 Å². The van der Waals surface area contributed by atoms with Crippen LogP contribution in [0.15, 0.2) is 36.5 Å². The van der Waals surface area contributed by atoms with Gasteiger partial charge in [0.1, 0.15) is 23.3 Å². The van der Waals surface area contributed by atoms with E-state index in [4.69, 9.17) is 10.00 Å². The number of carbonyl (C=O) groups is 1. The van der Waals surface area contributed by atoms with E-state index in [0.29, 0.717) is 5.56 Å². The number of nitriles is 1. The summed E-state index contributed by atoms with van der Waals surface area (Å²) in [5, 5.41) is 13.3. The summed E-state index contributed by atoms with van der Waals surface area (Å²) in [5.41, 5.74) is 1.27. The van der Waals surface area contributed by atoms with Gasteiger partial charge < -0.3 is 4.74 Å². The molecule has 3 heterocycles. The van der Waals surface area contributed by atoms with E-state index in [1.807, 2.05) is 6.07 Å². The smallest absolute Gasteiger partial charge is 0.422 e. The molecule has 0 aliphatic carbocycles. The lowest BCUT2D eigenvalue weighted by Crippen LogP contribution is -2.23. The number of halogens is 4. The average molecular weight is 431 g/mol. The lowest BCUT2D eigenvalue weighted by molar-refractivity contribution is -0.153. The number of anilines is 1. The fourth-order valence-electron chi connectivity index (χ4n) is 3.30. The molecule has 0 fully saturated rings. The number of rotatable bonds is 4. The van der Waals surface area contributed by atoms with E-state index in [9.17, 15) is 22.4 Å². The van der Waals surface area contributed by atoms with Gasteiger partial charge in [-0.3, -0.25) is 19.4 Å². The topological polar surface area (TPSA) is 84.0 Å². The molecule has 0 N–H and O–H groups in total. The maximum Gasteiger partial charge on any atom is 0.422 e. The van der Waals surface area contributed by atoms with Crippen LogP contribution in [0.1, 0.15) is 21.6 Å². The number of hydrogen-bond acceptors (Lipinski definition) is 5. The Balaban J connectivity index is 1.75. The predicted molar refractivity (Wildman–Crippen MR) is 99.6 cm³/mol. The number of nitrogens with zero attached hydrogens (tertiary/aromatic N) is 5. The molecule has 0 saturated heterocycles. The van der Waals surface area contributed by atoms with Crippen molar-refractivity contribution in [2.45, 2.75) is 12.7 Å². The monoisotopic (exact) mass is 431 g/mol. The van der Waals surface area contributed by atoms with Crippen molar-refractivity contribution in [1.29, 1.82) is 5.26 Å². The molecule has 158 valence electrons. The third-order valence-corrected chi connectivity index (χ3v) is 4.70. The highest BCUT2D eigenvalue weighted by Crippen LogP contribution is 2.38. The summed E-state index contributed by atoms with van der Waals surface area (Å²) in [7, 11) is 1.56. The molecule has 1 aliphatic rings. The highest BCUT2D eigenvalue weighted by atomic mass is 19.4. The van der Waals surface area contributed by atoms with Gasteiger partial charge in [-0.05, 0) is 18.2 Å². The van der Waals surface area contributed by atoms with E-state index in [1.165, 1.54) is 34.0 Å². The molecule has 0 bridgehead atoms. The summed E-state index contributed by atoms with van der Waals surface area (Å²) in [5.74, 6) is -1.27. The fourth-order valence-corrected chi connectivity index (χ4v) is 3.30. The van der Waals surface area contributed by atoms with Gasteiger partial charge in [0.15, 0.2) is 12.4 Å². The molecule has 1 aromatic carbocycles. The number of amides is 1. The first-order valence-corrected chi connectivity index (χ1v) is 8.91. The molecule has 0 atom stereocenters. The Hall–Kier alpha value is -3.94. The second kappa shape index (κ2) is 7.39. The minimum absolute atomic E-state index is 0.0231. The molecule has 11 heteroatoms. The molecule has 2 aromatic heterocycles. The lowest BCUT2D eigenvalue weighted by Gasteiger charge is -2.15. The molecule has 0 spiro atoms. The maximum absolute atomic E-state index is 13.7. The van der Waals surface area contributed by atoms with Gasteiger partial charge >= 0.3 is 6.18 Å². The first-order valence-electron chi connectivity index (χ1n) is 8.91. The zero-order valence-corrected chi connectivity index (χ0v) is 15.9. The van der Waals surface area contributed by atoms with Crippen LogP contribution in [0.2, 0.25) is 0 Å². The van der Waals surface area contributed by atoms with Crippen molar-refractivity contribution in [2.75, 3.05) is 11.5 Å². The van der Waals surface area contributed by atoms with Gasteiger partial charge in [-0.2, -0.15) is 23.5 Å². The number of ether oxygens (including phenoxy) is 1. The van der Waals surface area contributed by atoms with E-state index in [2.05, 4.69) is 10.1 Å². The Morgan fingerprint density at radius 2 is 2.00 bits per heavy atom. The number of aryl methyl sites for hydroxylation is 1. The van der Waals surface area contributed by atoms with Gasteiger partial charge in [0.25, 0.3) is 5.91 Å². The molecule has 3 aromatic rings. The normalized spacial score (nSPS) is 13.3. The van der Waals surface area contributed by atoms with Crippen LogP contribution in [-0.4, -0.2) is 33.5 Å². The highest BCUT2D eigenvalue weighted by molar-refractivity contribution is 6.10. The van der Waals surface area contributed by atoms with Gasteiger partial charge in [0.2, 0.25) is 0 Å². The Bertz CT molecular complexity index is 1230. The van der Waals surface area contributed by atoms with Crippen LogP contribution in [0.4, 0.5) is 23.4 Å². The number of aromatic nitrogens is 3. The zero-order chi connectivity index (χ0) is 22.3. The minimum Gasteiger partial charge on any atom is -0.483 e. The van der Waals surface area contributed by atoms with Crippen LogP contribution in [0, 0.1) is 17.1 Å². The van der Waals surface area contributed by atoms with E-state index in [0.717, 1.165) is 12.1 Å². The van der Waals surface area contributed by atoms with E-state index >= 15 is 0 Å². The molecule has 31 heavy (non-hydrogen) atoms. The number of hydrogen-bond donors (Lipinski definition) is 0. The van der Waals surface area contributed by atoms with Crippen LogP contribution < -0.4 is 9.64 Å². The summed E-state index contributed by atoms with van der Waals surface area (Å²) in [4.78, 5) is 18.5. The summed E-state index contributed by atoms with van der Waals surface area (Å²) >= 11 is 0. The van der Waals surface area contributed by atoms with Crippen molar-refractivity contribution < 1.29 is 27.1 Å². The molecular formula is C20H13F4N5O2. The van der Waals surface area contributed by atoms with Crippen LogP contribution in [-0.2, 0) is 13.6 Å². The minimum atomic E-state index is -4.61. The number of fused-ring (bicyclic) bond motifs is 1. The van der Waals surface area contributed by atoms with Crippen molar-refractivity contribution in [3.05, 3.63) is 59.2 Å². The van der Waals surface area contributed by atoms with E-state index in [-0.39, 0.29) is 40.6 Å². The Labute approximate surface area is 173 Å². The van der Waals surface area contributed by atoms with Crippen LogP contribution in [0.3, 0.4) is 0 Å². The third-order valence-electron chi connectivity index (χ3n) is 4.70. The van der Waals surface area contributed by atoms with Crippen molar-refractivity contribution in [2.24, 2.45) is 7.05 Å². The average Bonchev–Trinajstić information content (AvgIpc) is 3.25. The number of carbonyl (C=O) groups excluding carboxylic acids is 1. The molecule has 0 saturated carbocycles. The van der Waals surface area contributed by atoms with Crippen LogP contribution in [0.25, 0.3) is 11.3 Å². The van der Waals surface area contributed by atoms with Gasteiger partial charge in [-0.15, -0.1) is 0 Å². The Kier molecular flexibility index (Phi) is 4.85. The highest BCUT2D eigenvalue weighted by Gasteiger charge is 2.34. The molecule has 7 nitrogen and oxygen atoms in total. The first-order chi connectivity index (χ1) is 14.7. The molecule has 0 unspecified atom stereocenters. The van der Waals surface area contributed by atoms with Gasteiger partial charge in [-0.1, -0.05) is 0 Å². The van der Waals surface area contributed by atoms with Crippen molar-refractivity contribution in [3.8, 4) is 23.1 Å². The summed E-state index contributed by atoms with van der Waals surface area (Å²) < 4.78 is 57.7. The molecule has 1 amide bonds. The van der Waals surface area contributed by atoms with Crippen LogP contribution >= 0.6 is 0 Å². The Morgan fingerprint density at radius 3 is 2.68 bits per heavy atom. The van der Waals surface area contributed by atoms with Gasteiger partial charge in [-0.25, -0.2) is 4.39 Å². The second-order valence-corrected chi connectivity index (χ2v) is 6.74.